The van der Waals surface area contributed by atoms with Crippen LogP contribution in [0, 0.1) is 19.9 Å². The van der Waals surface area contributed by atoms with Crippen molar-refractivity contribution in [1.29, 1.82) is 0 Å². The number of anilines is 1. The topological polar surface area (TPSA) is 152 Å². The Balaban J connectivity index is 1.56. The van der Waals surface area contributed by atoms with Crippen molar-refractivity contribution < 1.29 is 33.3 Å². The Bertz CT molecular complexity index is 1410. The van der Waals surface area contributed by atoms with Crippen LogP contribution in [0.3, 0.4) is 0 Å². The van der Waals surface area contributed by atoms with Gasteiger partial charge in [-0.25, -0.2) is 4.98 Å². The lowest BCUT2D eigenvalue weighted by molar-refractivity contribution is -0.165. The molecule has 12 heteroatoms. The average Bonchev–Trinajstić information content (AvgIpc) is 3.33. The summed E-state index contributed by atoms with van der Waals surface area (Å²) in [6, 6.07) is 3.73. The number of ether oxygens (including phenoxy) is 3. The minimum Gasteiger partial charge on any atom is -0.459 e. The molecule has 0 unspecified atom stereocenters. The van der Waals surface area contributed by atoms with Gasteiger partial charge in [-0.05, 0) is 38.0 Å². The summed E-state index contributed by atoms with van der Waals surface area (Å²) in [4.78, 5) is 36.4. The van der Waals surface area contributed by atoms with Gasteiger partial charge < -0.3 is 25.1 Å². The molecule has 4 rings (SSSR count). The quantitative estimate of drug-likeness (QED) is 0.265. The highest BCUT2D eigenvalue weighted by molar-refractivity contribution is 5.81. The SMILES string of the molecule is CC(=O)Oc1cc(C)cc(C)c1C(C)(C)CC(=O)O[C@H]1C[C@H](n2cnc3c(N)nc(F)nc32)O[C@]1(C)CO. The predicted molar refractivity (Wildman–Crippen MR) is 135 cm³/mol. The number of carbonyl (C=O) groups is 2. The average molecular weight is 530 g/mol. The van der Waals surface area contributed by atoms with Crippen LogP contribution in [-0.4, -0.2) is 54.9 Å². The van der Waals surface area contributed by atoms with Crippen LogP contribution in [0.25, 0.3) is 11.2 Å². The molecule has 38 heavy (non-hydrogen) atoms. The molecule has 1 aliphatic heterocycles. The summed E-state index contributed by atoms with van der Waals surface area (Å²) in [5.41, 5.74) is 6.64. The van der Waals surface area contributed by atoms with Gasteiger partial charge in [0.05, 0.1) is 19.4 Å². The number of rotatable bonds is 7. The normalized spacial score (nSPS) is 21.6. The Kier molecular flexibility index (Phi) is 7.15. The summed E-state index contributed by atoms with van der Waals surface area (Å²) in [5.74, 6) is -0.691. The zero-order valence-electron chi connectivity index (χ0n) is 22.2. The molecule has 1 aromatic carbocycles. The first kappa shape index (κ1) is 27.4. The van der Waals surface area contributed by atoms with Gasteiger partial charge in [0.2, 0.25) is 0 Å². The lowest BCUT2D eigenvalue weighted by Crippen LogP contribution is -2.43. The fourth-order valence-corrected chi connectivity index (χ4v) is 5.15. The van der Waals surface area contributed by atoms with Crippen molar-refractivity contribution in [2.24, 2.45) is 0 Å². The number of nitrogens with zero attached hydrogens (tertiary/aromatic N) is 4. The molecular formula is C26H32FN5O6. The molecule has 3 aromatic rings. The number of hydrogen-bond donors (Lipinski definition) is 2. The summed E-state index contributed by atoms with van der Waals surface area (Å²) in [6.07, 6.45) is -1.08. The van der Waals surface area contributed by atoms with Crippen molar-refractivity contribution in [3.63, 3.8) is 0 Å². The number of benzene rings is 1. The van der Waals surface area contributed by atoms with Gasteiger partial charge >= 0.3 is 18.0 Å². The Labute approximate surface area is 219 Å². The van der Waals surface area contributed by atoms with E-state index in [0.717, 1.165) is 16.7 Å². The Hall–Kier alpha value is -3.64. The van der Waals surface area contributed by atoms with Crippen LogP contribution in [0.15, 0.2) is 18.5 Å². The first-order chi connectivity index (χ1) is 17.7. The number of fused-ring (bicyclic) bond motifs is 1. The van der Waals surface area contributed by atoms with Crippen LogP contribution < -0.4 is 10.5 Å². The number of nitrogens with two attached hydrogens (primary N) is 1. The van der Waals surface area contributed by atoms with Crippen molar-refractivity contribution in [1.82, 2.24) is 19.5 Å². The van der Waals surface area contributed by atoms with Crippen molar-refractivity contribution >= 4 is 28.9 Å². The zero-order chi connectivity index (χ0) is 28.0. The maximum Gasteiger partial charge on any atom is 0.312 e. The lowest BCUT2D eigenvalue weighted by atomic mass is 9.78. The lowest BCUT2D eigenvalue weighted by Gasteiger charge is -2.31. The second kappa shape index (κ2) is 9.91. The highest BCUT2D eigenvalue weighted by Crippen LogP contribution is 2.42. The third kappa shape index (κ3) is 5.18. The first-order valence-electron chi connectivity index (χ1n) is 12.2. The van der Waals surface area contributed by atoms with E-state index in [1.807, 2.05) is 33.8 Å². The molecule has 1 aliphatic rings. The van der Waals surface area contributed by atoms with Crippen LogP contribution in [0.1, 0.15) is 63.5 Å². The fraction of sp³-hybridized carbons (Fsp3) is 0.500. The fourth-order valence-electron chi connectivity index (χ4n) is 5.15. The molecule has 0 saturated carbocycles. The number of nitrogen functional groups attached to an aromatic ring is 1. The summed E-state index contributed by atoms with van der Waals surface area (Å²) in [6.45, 7) is 10.1. The third-order valence-corrected chi connectivity index (χ3v) is 6.78. The monoisotopic (exact) mass is 529 g/mol. The van der Waals surface area contributed by atoms with E-state index in [0.29, 0.717) is 5.75 Å². The van der Waals surface area contributed by atoms with E-state index in [-0.39, 0.29) is 29.8 Å². The highest BCUT2D eigenvalue weighted by Gasteiger charge is 2.49. The Morgan fingerprint density at radius 3 is 2.68 bits per heavy atom. The van der Waals surface area contributed by atoms with Crippen molar-refractivity contribution in [3.05, 3.63) is 41.2 Å². The van der Waals surface area contributed by atoms with Gasteiger partial charge in [0.25, 0.3) is 0 Å². The van der Waals surface area contributed by atoms with E-state index in [9.17, 15) is 19.1 Å². The van der Waals surface area contributed by atoms with Crippen molar-refractivity contribution in [2.45, 2.75) is 77.7 Å². The van der Waals surface area contributed by atoms with Crippen LogP contribution in [0.5, 0.6) is 5.75 Å². The van der Waals surface area contributed by atoms with Gasteiger partial charge in [0.1, 0.15) is 23.7 Å². The van der Waals surface area contributed by atoms with Gasteiger partial charge in [0.15, 0.2) is 17.0 Å². The number of aliphatic hydroxyl groups is 1. The molecule has 0 aliphatic carbocycles. The Morgan fingerprint density at radius 2 is 2.03 bits per heavy atom. The van der Waals surface area contributed by atoms with Gasteiger partial charge in [-0.15, -0.1) is 0 Å². The van der Waals surface area contributed by atoms with Gasteiger partial charge in [-0.1, -0.05) is 19.9 Å². The molecule has 1 fully saturated rings. The number of aromatic nitrogens is 4. The van der Waals surface area contributed by atoms with Gasteiger partial charge in [0, 0.05) is 24.3 Å². The second-order valence-electron chi connectivity index (χ2n) is 10.6. The summed E-state index contributed by atoms with van der Waals surface area (Å²) in [5, 5.41) is 10.1. The maximum absolute atomic E-state index is 13.8. The molecule has 3 atom stereocenters. The minimum atomic E-state index is -1.24. The number of esters is 2. The summed E-state index contributed by atoms with van der Waals surface area (Å²) < 4.78 is 32.7. The first-order valence-corrected chi connectivity index (χ1v) is 12.2. The van der Waals surface area contributed by atoms with Crippen molar-refractivity contribution in [3.8, 4) is 5.75 Å². The predicted octanol–water partition coefficient (Wildman–Crippen LogP) is 3.04. The van der Waals surface area contributed by atoms with Crippen molar-refractivity contribution in [2.75, 3.05) is 12.3 Å². The molecule has 0 bridgehead atoms. The Morgan fingerprint density at radius 1 is 1.32 bits per heavy atom. The largest absolute Gasteiger partial charge is 0.459 e. The number of hydrogen-bond acceptors (Lipinski definition) is 10. The minimum absolute atomic E-state index is 0.0309. The standard InChI is InChI=1S/C26H32FN5O6/c1-13-7-14(2)20(16(8-13)36-15(3)34)25(4,5)10-19(35)37-17-9-18(38-26(17,6)11-33)32-12-29-21-22(28)30-24(27)31-23(21)32/h7-8,12,17-18,33H,9-11H2,1-6H3,(H2,28,30,31)/t17-,18+,26+/m0/s1. The molecule has 3 heterocycles. The zero-order valence-corrected chi connectivity index (χ0v) is 22.2. The third-order valence-electron chi connectivity index (χ3n) is 6.78. The smallest absolute Gasteiger partial charge is 0.312 e. The molecule has 0 amide bonds. The number of aryl methyl sites for hydroxylation is 2. The molecule has 1 saturated heterocycles. The number of halogens is 1. The molecule has 2 aromatic heterocycles. The van der Waals surface area contributed by atoms with E-state index < -0.39 is 48.0 Å². The summed E-state index contributed by atoms with van der Waals surface area (Å²) in [7, 11) is 0. The molecule has 3 N–H and O–H groups in total. The van der Waals surface area contributed by atoms with E-state index in [4.69, 9.17) is 19.9 Å². The molecule has 204 valence electrons. The van der Waals surface area contributed by atoms with E-state index >= 15 is 0 Å². The van der Waals surface area contributed by atoms with E-state index in [1.165, 1.54) is 17.8 Å². The van der Waals surface area contributed by atoms with E-state index in [1.54, 1.807) is 13.0 Å². The molecule has 0 radical (unpaired) electrons. The maximum atomic E-state index is 13.8. The summed E-state index contributed by atoms with van der Waals surface area (Å²) >= 11 is 0. The highest BCUT2D eigenvalue weighted by atomic mass is 19.1. The van der Waals surface area contributed by atoms with Crippen LogP contribution in [-0.2, 0) is 24.5 Å². The van der Waals surface area contributed by atoms with Crippen LogP contribution in [0.2, 0.25) is 0 Å². The van der Waals surface area contributed by atoms with E-state index in [2.05, 4.69) is 15.0 Å². The number of imidazole rings is 1. The molecular weight excluding hydrogens is 497 g/mol. The van der Waals surface area contributed by atoms with Gasteiger partial charge in [-0.3, -0.25) is 14.2 Å². The van der Waals surface area contributed by atoms with Crippen LogP contribution in [0.4, 0.5) is 10.2 Å². The van der Waals surface area contributed by atoms with Gasteiger partial charge in [-0.2, -0.15) is 14.4 Å². The second-order valence-corrected chi connectivity index (χ2v) is 10.6. The molecule has 0 spiro atoms. The number of aliphatic hydroxyl groups excluding tert-OH is 1. The number of carbonyl (C=O) groups excluding carboxylic acids is 2. The molecule has 11 nitrogen and oxygen atoms in total. The van der Waals surface area contributed by atoms with Crippen LogP contribution >= 0.6 is 0 Å².